The molecule has 1 aromatic carbocycles. The molecule has 0 heterocycles. The Labute approximate surface area is 70.3 Å². The van der Waals surface area contributed by atoms with Crippen LogP contribution in [0.1, 0.15) is 10.4 Å². The topological polar surface area (TPSA) is 46.5 Å². The minimum atomic E-state index is -1.70. The van der Waals surface area contributed by atoms with Crippen LogP contribution in [-0.2, 0) is 4.89 Å². The molecule has 0 aliphatic carbocycles. The molecule has 3 nitrogen and oxygen atoms in total. The van der Waals surface area contributed by atoms with Crippen molar-refractivity contribution in [3.63, 3.8) is 0 Å². The first-order valence-electron chi connectivity index (χ1n) is 3.07. The van der Waals surface area contributed by atoms with Crippen LogP contribution in [0.15, 0.2) is 12.1 Å². The van der Waals surface area contributed by atoms with E-state index in [4.69, 9.17) is 5.26 Å². The van der Waals surface area contributed by atoms with Crippen LogP contribution in [0.5, 0.6) is 0 Å². The van der Waals surface area contributed by atoms with Crippen molar-refractivity contribution in [2.24, 2.45) is 0 Å². The first-order chi connectivity index (χ1) is 6.07. The molecule has 1 aromatic rings. The predicted molar refractivity (Wildman–Crippen MR) is 34.4 cm³/mol. The number of hydrogen-bond donors (Lipinski definition) is 1. The molecule has 0 unspecified atom stereocenters. The summed E-state index contributed by atoms with van der Waals surface area (Å²) in [5, 5.41) is 7.82. The van der Waals surface area contributed by atoms with Crippen molar-refractivity contribution in [3.05, 3.63) is 35.1 Å². The van der Waals surface area contributed by atoms with E-state index in [-0.39, 0.29) is 0 Å². The van der Waals surface area contributed by atoms with Crippen molar-refractivity contribution in [2.45, 2.75) is 0 Å². The van der Waals surface area contributed by atoms with Crippen molar-refractivity contribution in [3.8, 4) is 0 Å². The van der Waals surface area contributed by atoms with Crippen molar-refractivity contribution >= 4 is 5.97 Å². The van der Waals surface area contributed by atoms with Gasteiger partial charge in [0, 0.05) is 0 Å². The Morgan fingerprint density at radius 2 is 1.77 bits per heavy atom. The summed E-state index contributed by atoms with van der Waals surface area (Å²) in [7, 11) is 0. The van der Waals surface area contributed by atoms with E-state index in [1.54, 1.807) is 0 Å². The van der Waals surface area contributed by atoms with Gasteiger partial charge in [-0.1, -0.05) is 0 Å². The molecule has 0 atom stereocenters. The maximum absolute atomic E-state index is 12.7. The summed E-state index contributed by atoms with van der Waals surface area (Å²) in [6, 6.07) is 1.06. The van der Waals surface area contributed by atoms with E-state index in [9.17, 15) is 18.0 Å². The highest BCUT2D eigenvalue weighted by molar-refractivity contribution is 5.89. The quantitative estimate of drug-likeness (QED) is 0.418. The summed E-state index contributed by atoms with van der Waals surface area (Å²) in [6.45, 7) is 0. The van der Waals surface area contributed by atoms with Gasteiger partial charge in [0.25, 0.3) is 0 Å². The zero-order valence-corrected chi connectivity index (χ0v) is 6.05. The van der Waals surface area contributed by atoms with Crippen LogP contribution >= 0.6 is 0 Å². The fraction of sp³-hybridized carbons (Fsp3) is 0. The van der Waals surface area contributed by atoms with Gasteiger partial charge >= 0.3 is 5.97 Å². The minimum absolute atomic E-state index is 0.513. The third-order valence-corrected chi connectivity index (χ3v) is 1.33. The molecule has 0 amide bonds. The van der Waals surface area contributed by atoms with Crippen LogP contribution in [0, 0.1) is 17.5 Å². The van der Waals surface area contributed by atoms with Crippen LogP contribution in [-0.4, -0.2) is 11.2 Å². The van der Waals surface area contributed by atoms with Gasteiger partial charge < -0.3 is 0 Å². The Bertz CT molecular complexity index is 351. The van der Waals surface area contributed by atoms with Gasteiger partial charge in [-0.05, 0) is 12.1 Å². The molecule has 0 saturated carbocycles. The number of carbonyl (C=O) groups is 1. The average Bonchev–Trinajstić information content (AvgIpc) is 2.12. The van der Waals surface area contributed by atoms with Gasteiger partial charge in [0.05, 0.1) is 0 Å². The normalized spacial score (nSPS) is 9.85. The molecule has 0 fully saturated rings. The molecule has 13 heavy (non-hydrogen) atoms. The van der Waals surface area contributed by atoms with Crippen molar-refractivity contribution in [1.82, 2.24) is 0 Å². The lowest BCUT2D eigenvalue weighted by atomic mass is 10.2. The van der Waals surface area contributed by atoms with Crippen LogP contribution in [0.3, 0.4) is 0 Å². The molecule has 0 aliphatic heterocycles. The summed E-state index contributed by atoms with van der Waals surface area (Å²) in [4.78, 5) is 13.6. The molecule has 0 saturated heterocycles. The van der Waals surface area contributed by atoms with E-state index in [2.05, 4.69) is 4.89 Å². The van der Waals surface area contributed by atoms with E-state index in [0.717, 1.165) is 0 Å². The van der Waals surface area contributed by atoms with Crippen LogP contribution in [0.25, 0.3) is 0 Å². The number of halogens is 3. The lowest BCUT2D eigenvalue weighted by Crippen LogP contribution is -2.09. The van der Waals surface area contributed by atoms with Gasteiger partial charge in [0.2, 0.25) is 0 Å². The lowest BCUT2D eigenvalue weighted by molar-refractivity contribution is -0.183. The number of carbonyl (C=O) groups excluding carboxylic acids is 1. The maximum Gasteiger partial charge on any atom is 0.378 e. The van der Waals surface area contributed by atoms with Gasteiger partial charge in [-0.15, -0.1) is 0 Å². The van der Waals surface area contributed by atoms with Gasteiger partial charge in [0.1, 0.15) is 11.4 Å². The highest BCUT2D eigenvalue weighted by Gasteiger charge is 2.22. The van der Waals surface area contributed by atoms with Crippen molar-refractivity contribution < 1.29 is 28.1 Å². The van der Waals surface area contributed by atoms with Crippen LogP contribution < -0.4 is 0 Å². The molecular formula is C7H3F3O3. The van der Waals surface area contributed by atoms with Gasteiger partial charge in [-0.2, -0.15) is 5.26 Å². The second-order valence-corrected chi connectivity index (χ2v) is 2.10. The number of hydrogen-bond acceptors (Lipinski definition) is 3. The molecule has 0 aromatic heterocycles. The van der Waals surface area contributed by atoms with Crippen molar-refractivity contribution in [1.29, 1.82) is 0 Å². The number of benzene rings is 1. The third kappa shape index (κ3) is 1.62. The zero-order valence-electron chi connectivity index (χ0n) is 6.05. The second kappa shape index (κ2) is 3.44. The molecule has 0 bridgehead atoms. The molecule has 70 valence electrons. The fourth-order valence-electron chi connectivity index (χ4n) is 0.760. The van der Waals surface area contributed by atoms with Crippen molar-refractivity contribution in [2.75, 3.05) is 0 Å². The Kier molecular flexibility index (Phi) is 2.52. The second-order valence-electron chi connectivity index (χ2n) is 2.10. The minimum Gasteiger partial charge on any atom is -0.295 e. The smallest absolute Gasteiger partial charge is 0.295 e. The average molecular weight is 192 g/mol. The van der Waals surface area contributed by atoms with E-state index in [0.29, 0.717) is 12.1 Å². The first-order valence-corrected chi connectivity index (χ1v) is 3.07. The summed E-state index contributed by atoms with van der Waals surface area (Å²) in [5.74, 6) is -6.09. The molecule has 0 spiro atoms. The Balaban J connectivity index is 3.33. The van der Waals surface area contributed by atoms with Gasteiger partial charge in [-0.25, -0.2) is 18.0 Å². The van der Waals surface area contributed by atoms with E-state index in [1.165, 1.54) is 0 Å². The van der Waals surface area contributed by atoms with E-state index < -0.39 is 29.0 Å². The Morgan fingerprint density at radius 3 is 2.31 bits per heavy atom. The Hall–Kier alpha value is -1.56. The molecule has 1 N–H and O–H groups in total. The molecular weight excluding hydrogens is 189 g/mol. The predicted octanol–water partition coefficient (Wildman–Crippen LogP) is 1.73. The largest absolute Gasteiger partial charge is 0.378 e. The lowest BCUT2D eigenvalue weighted by Gasteiger charge is -2.00. The molecule has 6 heteroatoms. The molecule has 1 rings (SSSR count). The van der Waals surface area contributed by atoms with E-state index in [1.807, 2.05) is 0 Å². The number of rotatable bonds is 1. The summed E-state index contributed by atoms with van der Waals surface area (Å²) < 4.78 is 37.7. The summed E-state index contributed by atoms with van der Waals surface area (Å²) in [5.41, 5.74) is -1.26. The maximum atomic E-state index is 12.7. The molecule has 0 radical (unpaired) electrons. The van der Waals surface area contributed by atoms with Gasteiger partial charge in [0.15, 0.2) is 11.6 Å². The van der Waals surface area contributed by atoms with E-state index >= 15 is 0 Å². The monoisotopic (exact) mass is 192 g/mol. The van der Waals surface area contributed by atoms with Crippen LogP contribution in [0.4, 0.5) is 13.2 Å². The first kappa shape index (κ1) is 9.53. The molecule has 0 aliphatic rings. The van der Waals surface area contributed by atoms with Crippen LogP contribution in [0.2, 0.25) is 0 Å². The Morgan fingerprint density at radius 1 is 1.23 bits per heavy atom. The summed E-state index contributed by atoms with van der Waals surface area (Å²) >= 11 is 0. The fourth-order valence-corrected chi connectivity index (χ4v) is 0.760. The standard InChI is InChI=1S/C7H3F3O3/c8-3-1-2-4(9)6(10)5(3)7(11)13-12/h1-2,12H. The SMILES string of the molecule is O=C(OO)c1c(F)ccc(F)c1F. The zero-order chi connectivity index (χ0) is 10.0. The van der Waals surface area contributed by atoms with Gasteiger partial charge in [-0.3, -0.25) is 4.89 Å². The highest BCUT2D eigenvalue weighted by atomic mass is 19.2. The third-order valence-electron chi connectivity index (χ3n) is 1.33. The summed E-state index contributed by atoms with van der Waals surface area (Å²) in [6.07, 6.45) is 0. The highest BCUT2D eigenvalue weighted by Crippen LogP contribution is 2.16.